The lowest BCUT2D eigenvalue weighted by atomic mass is 10.0. The second kappa shape index (κ2) is 8.45. The molecule has 4 rings (SSSR count). The highest BCUT2D eigenvalue weighted by atomic mass is 32.1. The number of carbonyl (C=O) groups excluding carboxylic acids is 1. The van der Waals surface area contributed by atoms with E-state index >= 15 is 0 Å². The van der Waals surface area contributed by atoms with Crippen LogP contribution in [0.25, 0.3) is 11.3 Å². The summed E-state index contributed by atoms with van der Waals surface area (Å²) in [5, 5.41) is 3.90. The van der Waals surface area contributed by atoms with Crippen LogP contribution in [0.3, 0.4) is 0 Å². The molecule has 29 heavy (non-hydrogen) atoms. The van der Waals surface area contributed by atoms with Crippen LogP contribution in [0.15, 0.2) is 71.3 Å². The summed E-state index contributed by atoms with van der Waals surface area (Å²) in [6.07, 6.45) is 1.99. The molecule has 0 spiro atoms. The highest BCUT2D eigenvalue weighted by Crippen LogP contribution is 2.40. The van der Waals surface area contributed by atoms with Crippen molar-refractivity contribution in [2.45, 2.75) is 18.5 Å². The minimum atomic E-state index is -0.280. The Kier molecular flexibility index (Phi) is 5.57. The van der Waals surface area contributed by atoms with E-state index in [9.17, 15) is 4.79 Å². The number of furan rings is 1. The number of thiocarbonyl (C=S) groups is 1. The highest BCUT2D eigenvalue weighted by Gasteiger charge is 2.41. The lowest BCUT2D eigenvalue weighted by Crippen LogP contribution is -2.31. The van der Waals surface area contributed by atoms with Gasteiger partial charge < -0.3 is 19.4 Å². The van der Waals surface area contributed by atoms with E-state index in [0.29, 0.717) is 11.7 Å². The molecule has 3 heterocycles. The molecule has 1 saturated heterocycles. The number of esters is 1. The van der Waals surface area contributed by atoms with E-state index in [4.69, 9.17) is 21.4 Å². The summed E-state index contributed by atoms with van der Waals surface area (Å²) in [7, 11) is 1.38. The van der Waals surface area contributed by atoms with E-state index in [1.807, 2.05) is 65.6 Å². The monoisotopic (exact) mass is 407 g/mol. The fraction of sp³-hybridized carbons (Fsp3) is 0.227. The van der Waals surface area contributed by atoms with Crippen molar-refractivity contribution in [3.05, 3.63) is 78.3 Å². The third-order valence-electron chi connectivity index (χ3n) is 4.96. The molecule has 1 N–H and O–H groups in total. The number of benzene rings is 1. The lowest BCUT2D eigenvalue weighted by Gasteiger charge is -2.25. The third-order valence-corrected chi connectivity index (χ3v) is 5.31. The predicted molar refractivity (Wildman–Crippen MR) is 113 cm³/mol. The van der Waals surface area contributed by atoms with Crippen molar-refractivity contribution in [2.24, 2.45) is 0 Å². The molecule has 6 nitrogen and oxygen atoms in total. The first-order valence-electron chi connectivity index (χ1n) is 9.37. The van der Waals surface area contributed by atoms with Crippen molar-refractivity contribution < 1.29 is 13.9 Å². The fourth-order valence-corrected chi connectivity index (χ4v) is 3.87. The Morgan fingerprint density at radius 2 is 1.97 bits per heavy atom. The van der Waals surface area contributed by atoms with Crippen molar-refractivity contribution in [3.63, 3.8) is 0 Å². The van der Waals surface area contributed by atoms with Crippen molar-refractivity contribution >= 4 is 23.3 Å². The number of carbonyl (C=O) groups is 1. The third kappa shape index (κ3) is 4.00. The molecule has 7 heteroatoms. The smallest absolute Gasteiger partial charge is 0.307 e. The van der Waals surface area contributed by atoms with Crippen LogP contribution in [0.2, 0.25) is 0 Å². The lowest BCUT2D eigenvalue weighted by molar-refractivity contribution is -0.140. The minimum Gasteiger partial charge on any atom is -0.469 e. The number of nitrogens with one attached hydrogen (secondary N) is 1. The number of aromatic nitrogens is 1. The topological polar surface area (TPSA) is 67.6 Å². The van der Waals surface area contributed by atoms with Gasteiger partial charge in [0, 0.05) is 18.3 Å². The second-order valence-electron chi connectivity index (χ2n) is 6.71. The molecule has 0 bridgehead atoms. The number of hydrogen-bond donors (Lipinski definition) is 1. The second-order valence-corrected chi connectivity index (χ2v) is 7.10. The van der Waals surface area contributed by atoms with E-state index in [2.05, 4.69) is 10.3 Å². The van der Waals surface area contributed by atoms with Crippen LogP contribution in [0, 0.1) is 0 Å². The minimum absolute atomic E-state index is 0.184. The summed E-state index contributed by atoms with van der Waals surface area (Å²) < 4.78 is 11.0. The van der Waals surface area contributed by atoms with Crippen molar-refractivity contribution in [1.82, 2.24) is 15.2 Å². The van der Waals surface area contributed by atoms with Crippen LogP contribution in [-0.2, 0) is 9.53 Å². The van der Waals surface area contributed by atoms with Gasteiger partial charge in [-0.1, -0.05) is 36.4 Å². The average molecular weight is 407 g/mol. The first kappa shape index (κ1) is 19.1. The molecule has 0 aliphatic carbocycles. The van der Waals surface area contributed by atoms with Crippen LogP contribution in [0.1, 0.15) is 30.0 Å². The van der Waals surface area contributed by atoms with Crippen molar-refractivity contribution in [1.29, 1.82) is 0 Å². The average Bonchev–Trinajstić information content (AvgIpc) is 3.38. The van der Waals surface area contributed by atoms with Gasteiger partial charge in [-0.3, -0.25) is 9.78 Å². The summed E-state index contributed by atoms with van der Waals surface area (Å²) in [5.41, 5.74) is 1.86. The molecule has 1 fully saturated rings. The van der Waals surface area contributed by atoms with Crippen molar-refractivity contribution in [2.75, 3.05) is 13.7 Å². The highest BCUT2D eigenvalue weighted by molar-refractivity contribution is 7.80. The maximum atomic E-state index is 11.7. The molecule has 2 aromatic heterocycles. The van der Waals surface area contributed by atoms with Gasteiger partial charge in [0.15, 0.2) is 5.11 Å². The largest absolute Gasteiger partial charge is 0.469 e. The van der Waals surface area contributed by atoms with Crippen LogP contribution >= 0.6 is 12.2 Å². The van der Waals surface area contributed by atoms with E-state index in [0.717, 1.165) is 22.8 Å². The molecule has 3 aromatic rings. The summed E-state index contributed by atoms with van der Waals surface area (Å²) >= 11 is 5.58. The zero-order valence-electron chi connectivity index (χ0n) is 15.9. The van der Waals surface area contributed by atoms with Gasteiger partial charge in [0.1, 0.15) is 17.6 Å². The summed E-state index contributed by atoms with van der Waals surface area (Å²) in [4.78, 5) is 18.2. The molecular weight excluding hydrogens is 386 g/mol. The molecule has 2 unspecified atom stereocenters. The summed E-state index contributed by atoms with van der Waals surface area (Å²) in [6.45, 7) is 0.424. The molecule has 1 aliphatic rings. The maximum Gasteiger partial charge on any atom is 0.307 e. The Morgan fingerprint density at radius 1 is 1.17 bits per heavy atom. The van der Waals surface area contributed by atoms with Crippen molar-refractivity contribution in [3.8, 4) is 11.3 Å². The van der Waals surface area contributed by atoms with E-state index in [1.165, 1.54) is 7.11 Å². The Bertz CT molecular complexity index is 991. The Labute approximate surface area is 174 Å². The summed E-state index contributed by atoms with van der Waals surface area (Å²) in [6, 6.07) is 19.2. The van der Waals surface area contributed by atoms with Gasteiger partial charge in [0.25, 0.3) is 0 Å². The Hall–Kier alpha value is -3.19. The molecule has 1 aliphatic heterocycles. The molecule has 148 valence electrons. The predicted octanol–water partition coefficient (Wildman–Crippen LogP) is 3.88. The Morgan fingerprint density at radius 3 is 2.69 bits per heavy atom. The van der Waals surface area contributed by atoms with Crippen LogP contribution in [0.5, 0.6) is 0 Å². The van der Waals surface area contributed by atoms with E-state index in [1.54, 1.807) is 6.20 Å². The summed E-state index contributed by atoms with van der Waals surface area (Å²) in [5.74, 6) is 1.26. The number of nitrogens with zero attached hydrogens (tertiary/aromatic N) is 2. The quantitative estimate of drug-likeness (QED) is 0.491. The van der Waals surface area contributed by atoms with Gasteiger partial charge in [-0.15, -0.1) is 0 Å². The number of ether oxygens (including phenoxy) is 1. The normalized spacial score (nSPS) is 18.5. The van der Waals surface area contributed by atoms with Gasteiger partial charge in [0.2, 0.25) is 0 Å². The zero-order chi connectivity index (χ0) is 20.2. The van der Waals surface area contributed by atoms with Gasteiger partial charge in [-0.05, 0) is 36.5 Å². The first-order valence-corrected chi connectivity index (χ1v) is 9.78. The van der Waals surface area contributed by atoms with E-state index in [-0.39, 0.29) is 24.5 Å². The van der Waals surface area contributed by atoms with Crippen LogP contribution in [-0.4, -0.2) is 34.6 Å². The van der Waals surface area contributed by atoms with Crippen LogP contribution < -0.4 is 5.32 Å². The SMILES string of the molecule is COC(=O)CCN1C(=S)NC(c2ccccn2)C1c1ccc(-c2ccccc2)o1. The molecule has 0 saturated carbocycles. The fourth-order valence-electron chi connectivity index (χ4n) is 3.54. The van der Waals surface area contributed by atoms with Gasteiger partial charge >= 0.3 is 5.97 Å². The molecule has 2 atom stereocenters. The van der Waals surface area contributed by atoms with Gasteiger partial charge in [0.05, 0.1) is 25.3 Å². The Balaban J connectivity index is 1.68. The molecule has 0 amide bonds. The number of hydrogen-bond acceptors (Lipinski definition) is 5. The maximum absolute atomic E-state index is 11.7. The first-order chi connectivity index (χ1) is 14.2. The molecule has 1 aromatic carbocycles. The number of pyridine rings is 1. The molecule has 0 radical (unpaired) electrons. The van der Waals surface area contributed by atoms with Gasteiger partial charge in [-0.25, -0.2) is 0 Å². The standard InChI is InChI=1S/C22H21N3O3S/c1-27-19(26)12-14-25-21(20(24-22(25)29)16-9-5-6-13-23-16)18-11-10-17(28-18)15-7-3-2-4-8-15/h2-11,13,20-21H,12,14H2,1H3,(H,24,29). The number of rotatable bonds is 6. The number of methoxy groups -OCH3 is 1. The molecular formula is C22H21N3O3S. The van der Waals surface area contributed by atoms with E-state index < -0.39 is 0 Å². The van der Waals surface area contributed by atoms with Crippen LogP contribution in [0.4, 0.5) is 0 Å². The van der Waals surface area contributed by atoms with Gasteiger partial charge in [-0.2, -0.15) is 0 Å². The zero-order valence-corrected chi connectivity index (χ0v) is 16.8.